The third-order valence-corrected chi connectivity index (χ3v) is 6.47. The third kappa shape index (κ3) is 6.82. The van der Waals surface area contributed by atoms with Gasteiger partial charge in [-0.1, -0.05) is 36.4 Å². The molecule has 0 radical (unpaired) electrons. The molecule has 0 bridgehead atoms. The Morgan fingerprint density at radius 1 is 0.917 bits per heavy atom. The van der Waals surface area contributed by atoms with Gasteiger partial charge in [0.05, 0.1) is 13.2 Å². The van der Waals surface area contributed by atoms with Gasteiger partial charge < -0.3 is 20.3 Å². The lowest BCUT2D eigenvalue weighted by molar-refractivity contribution is -0.139. The van der Waals surface area contributed by atoms with E-state index in [-0.39, 0.29) is 6.04 Å². The lowest BCUT2D eigenvalue weighted by atomic mass is 10.1. The summed E-state index contributed by atoms with van der Waals surface area (Å²) in [6, 6.07) is 21.9. The molecule has 2 amide bonds. The number of carbonyl (C=O) groups excluding carboxylic acids is 2. The van der Waals surface area contributed by atoms with Crippen molar-refractivity contribution in [3.8, 4) is 5.75 Å². The van der Waals surface area contributed by atoms with E-state index in [0.29, 0.717) is 19.5 Å². The number of amides is 2. The molecule has 1 aliphatic heterocycles. The summed E-state index contributed by atoms with van der Waals surface area (Å²) >= 11 is 0. The van der Waals surface area contributed by atoms with Gasteiger partial charge in [0.25, 0.3) is 0 Å². The second-order valence-corrected chi connectivity index (χ2v) is 8.72. The number of anilines is 1. The number of rotatable bonds is 9. The van der Waals surface area contributed by atoms with Crippen LogP contribution in [-0.2, 0) is 16.0 Å². The zero-order valence-electron chi connectivity index (χ0n) is 20.6. The summed E-state index contributed by atoms with van der Waals surface area (Å²) in [5.74, 6) is -0.462. The standard InChI is InChI=1S/C28H33N5O3/c1-36-25-11-9-22(10-12-25)13-15-30-27(34)28(35)31-21-26(23-6-5-14-29-20-23)33-18-16-32(17-19-33)24-7-3-2-4-8-24/h2-12,14,20,26H,13,15-19,21H2,1H3,(H,30,34)(H,31,35). The SMILES string of the molecule is COc1ccc(CCNC(=O)C(=O)NCC(c2cccnc2)N2CCN(c3ccccc3)CC2)cc1. The first-order valence-corrected chi connectivity index (χ1v) is 12.3. The van der Waals surface area contributed by atoms with Crippen molar-refractivity contribution < 1.29 is 14.3 Å². The number of benzene rings is 2. The van der Waals surface area contributed by atoms with E-state index in [0.717, 1.165) is 43.1 Å². The molecule has 36 heavy (non-hydrogen) atoms. The van der Waals surface area contributed by atoms with Crippen LogP contribution in [0, 0.1) is 0 Å². The minimum absolute atomic E-state index is 0.0623. The van der Waals surface area contributed by atoms with Gasteiger partial charge in [-0.3, -0.25) is 19.5 Å². The van der Waals surface area contributed by atoms with Crippen LogP contribution in [0.3, 0.4) is 0 Å². The molecule has 1 fully saturated rings. The number of aromatic nitrogens is 1. The molecule has 8 nitrogen and oxygen atoms in total. The van der Waals surface area contributed by atoms with E-state index in [2.05, 4.69) is 49.7 Å². The van der Waals surface area contributed by atoms with Gasteiger partial charge in [0, 0.05) is 57.3 Å². The van der Waals surface area contributed by atoms with Crippen molar-refractivity contribution in [2.24, 2.45) is 0 Å². The van der Waals surface area contributed by atoms with Crippen LogP contribution in [0.25, 0.3) is 0 Å². The second kappa shape index (κ2) is 12.7. The van der Waals surface area contributed by atoms with Crippen molar-refractivity contribution in [2.45, 2.75) is 12.5 Å². The Bertz CT molecular complexity index is 1100. The molecule has 2 aromatic carbocycles. The highest BCUT2D eigenvalue weighted by atomic mass is 16.5. The molecule has 1 unspecified atom stereocenters. The monoisotopic (exact) mass is 487 g/mol. The molecule has 188 valence electrons. The summed E-state index contributed by atoms with van der Waals surface area (Å²) in [7, 11) is 1.62. The second-order valence-electron chi connectivity index (χ2n) is 8.72. The molecule has 1 atom stereocenters. The average Bonchev–Trinajstić information content (AvgIpc) is 2.94. The predicted octanol–water partition coefficient (Wildman–Crippen LogP) is 2.43. The summed E-state index contributed by atoms with van der Waals surface area (Å²) in [5, 5.41) is 5.55. The van der Waals surface area contributed by atoms with Gasteiger partial charge >= 0.3 is 11.8 Å². The van der Waals surface area contributed by atoms with Crippen molar-refractivity contribution in [2.75, 3.05) is 51.3 Å². The normalized spacial score (nSPS) is 14.6. The minimum atomic E-state index is -0.624. The van der Waals surface area contributed by atoms with Gasteiger partial charge in [-0.2, -0.15) is 0 Å². The fourth-order valence-corrected chi connectivity index (χ4v) is 4.42. The summed E-state index contributed by atoms with van der Waals surface area (Å²) < 4.78 is 5.16. The number of nitrogens with zero attached hydrogens (tertiary/aromatic N) is 3. The van der Waals surface area contributed by atoms with Crippen LogP contribution < -0.4 is 20.3 Å². The zero-order valence-corrected chi connectivity index (χ0v) is 20.6. The molecule has 1 saturated heterocycles. The molecule has 0 saturated carbocycles. The molecular formula is C28H33N5O3. The molecule has 1 aromatic heterocycles. The smallest absolute Gasteiger partial charge is 0.309 e. The van der Waals surface area contributed by atoms with Crippen LogP contribution in [0.1, 0.15) is 17.2 Å². The molecule has 2 heterocycles. The van der Waals surface area contributed by atoms with Crippen molar-refractivity contribution in [3.05, 3.63) is 90.3 Å². The highest BCUT2D eigenvalue weighted by Gasteiger charge is 2.26. The van der Waals surface area contributed by atoms with Crippen LogP contribution in [0.15, 0.2) is 79.1 Å². The largest absolute Gasteiger partial charge is 0.497 e. The Balaban J connectivity index is 1.29. The lowest BCUT2D eigenvalue weighted by Crippen LogP contribution is -2.51. The van der Waals surface area contributed by atoms with E-state index in [1.807, 2.05) is 48.7 Å². The summed E-state index contributed by atoms with van der Waals surface area (Å²) in [6.45, 7) is 4.19. The number of piperazine rings is 1. The molecule has 0 spiro atoms. The minimum Gasteiger partial charge on any atom is -0.497 e. The van der Waals surface area contributed by atoms with Gasteiger partial charge in [0.1, 0.15) is 5.75 Å². The van der Waals surface area contributed by atoms with E-state index >= 15 is 0 Å². The Kier molecular flexibility index (Phi) is 8.88. The first-order valence-electron chi connectivity index (χ1n) is 12.3. The maximum Gasteiger partial charge on any atom is 0.309 e. The van der Waals surface area contributed by atoms with E-state index < -0.39 is 11.8 Å². The van der Waals surface area contributed by atoms with Gasteiger partial charge in [-0.25, -0.2) is 0 Å². The first kappa shape index (κ1) is 25.2. The lowest BCUT2D eigenvalue weighted by Gasteiger charge is -2.40. The van der Waals surface area contributed by atoms with Crippen molar-refractivity contribution >= 4 is 17.5 Å². The molecular weight excluding hydrogens is 454 g/mol. The fraction of sp³-hybridized carbons (Fsp3) is 0.321. The van der Waals surface area contributed by atoms with Gasteiger partial charge in [-0.05, 0) is 47.9 Å². The summed E-state index contributed by atoms with van der Waals surface area (Å²) in [4.78, 5) is 33.9. The number of para-hydroxylation sites is 1. The molecule has 2 N–H and O–H groups in total. The quantitative estimate of drug-likeness (QED) is 0.451. The Hall–Kier alpha value is -3.91. The van der Waals surface area contributed by atoms with E-state index in [1.165, 1.54) is 5.69 Å². The van der Waals surface area contributed by atoms with Crippen molar-refractivity contribution in [3.63, 3.8) is 0 Å². The topological polar surface area (TPSA) is 86.8 Å². The Morgan fingerprint density at radius 2 is 1.64 bits per heavy atom. The number of carbonyl (C=O) groups is 2. The number of hydrogen-bond acceptors (Lipinski definition) is 6. The molecule has 4 rings (SSSR count). The molecule has 0 aliphatic carbocycles. The molecule has 8 heteroatoms. The molecule has 1 aliphatic rings. The van der Waals surface area contributed by atoms with Crippen molar-refractivity contribution in [1.29, 1.82) is 0 Å². The van der Waals surface area contributed by atoms with Crippen LogP contribution in [0.4, 0.5) is 5.69 Å². The number of methoxy groups -OCH3 is 1. The van der Waals surface area contributed by atoms with Crippen LogP contribution in [0.5, 0.6) is 5.75 Å². The van der Waals surface area contributed by atoms with E-state index in [4.69, 9.17) is 4.74 Å². The van der Waals surface area contributed by atoms with Crippen LogP contribution in [0.2, 0.25) is 0 Å². The Morgan fingerprint density at radius 3 is 2.31 bits per heavy atom. The van der Waals surface area contributed by atoms with E-state index in [9.17, 15) is 9.59 Å². The van der Waals surface area contributed by atoms with Gasteiger partial charge in [0.15, 0.2) is 0 Å². The van der Waals surface area contributed by atoms with Crippen LogP contribution in [-0.4, -0.2) is 68.1 Å². The van der Waals surface area contributed by atoms with Crippen LogP contribution >= 0.6 is 0 Å². The third-order valence-electron chi connectivity index (χ3n) is 6.47. The molecule has 3 aromatic rings. The van der Waals surface area contributed by atoms with Gasteiger partial charge in [0.2, 0.25) is 0 Å². The Labute approximate surface area is 212 Å². The number of hydrogen-bond donors (Lipinski definition) is 2. The highest BCUT2D eigenvalue weighted by Crippen LogP contribution is 2.23. The summed E-state index contributed by atoms with van der Waals surface area (Å²) in [6.07, 6.45) is 4.20. The number of nitrogens with one attached hydrogen (secondary N) is 2. The van der Waals surface area contributed by atoms with Gasteiger partial charge in [-0.15, -0.1) is 0 Å². The maximum atomic E-state index is 12.5. The zero-order chi connectivity index (χ0) is 25.2. The number of ether oxygens (including phenoxy) is 1. The number of pyridine rings is 1. The highest BCUT2D eigenvalue weighted by molar-refractivity contribution is 6.35. The first-order chi connectivity index (χ1) is 17.6. The fourth-order valence-electron chi connectivity index (χ4n) is 4.42. The average molecular weight is 488 g/mol. The van der Waals surface area contributed by atoms with Crippen molar-refractivity contribution in [1.82, 2.24) is 20.5 Å². The predicted molar refractivity (Wildman–Crippen MR) is 140 cm³/mol. The summed E-state index contributed by atoms with van der Waals surface area (Å²) in [5.41, 5.74) is 3.29. The maximum absolute atomic E-state index is 12.5. The van der Waals surface area contributed by atoms with E-state index in [1.54, 1.807) is 13.3 Å².